The molecule has 1 aromatic rings. The monoisotopic (exact) mass is 291 g/mol. The van der Waals surface area contributed by atoms with Gasteiger partial charge in [-0.3, -0.25) is 9.48 Å². The van der Waals surface area contributed by atoms with Gasteiger partial charge in [0.2, 0.25) is 5.91 Å². The maximum Gasteiger partial charge on any atom is 0.243 e. The van der Waals surface area contributed by atoms with E-state index in [1.54, 1.807) is 0 Å². The van der Waals surface area contributed by atoms with E-state index in [2.05, 4.69) is 33.8 Å². The minimum Gasteiger partial charge on any atom is -0.355 e. The number of anilines is 1. The molecule has 2 heterocycles. The molecule has 0 aromatic carbocycles. The number of carbonyl (C=O) groups excluding carboxylic acids is 1. The number of nitrogens with one attached hydrogen (secondary N) is 1. The molecule has 1 amide bonds. The van der Waals surface area contributed by atoms with Crippen LogP contribution >= 0.6 is 0 Å². The van der Waals surface area contributed by atoms with E-state index in [1.807, 2.05) is 18.7 Å². The fraction of sp³-hybridized carbons (Fsp3) is 0.600. The number of carbonyl (C=O) groups is 1. The first-order valence-corrected chi connectivity index (χ1v) is 7.39. The summed E-state index contributed by atoms with van der Waals surface area (Å²) in [5, 5.41) is 7.38. The minimum atomic E-state index is -0.153. The van der Waals surface area contributed by atoms with Crippen LogP contribution in [0, 0.1) is 6.92 Å². The van der Waals surface area contributed by atoms with Gasteiger partial charge in [0.15, 0.2) is 0 Å². The Bertz CT molecular complexity index is 522. The van der Waals surface area contributed by atoms with Gasteiger partial charge in [-0.2, -0.15) is 5.10 Å². The number of aryl methyl sites for hydroxylation is 2. The first-order chi connectivity index (χ1) is 10.0. The standard InChI is InChI=1S/C15H25N5O/c1-5-14(21)16-11-13-12(2)17-19(4)15(13)20-8-6-7-18(3)9-10-20/h5H,1,6-11H2,2-4H3,(H,16,21). The average Bonchev–Trinajstić information content (AvgIpc) is 2.62. The number of amides is 1. The van der Waals surface area contributed by atoms with Crippen LogP contribution in [-0.2, 0) is 18.4 Å². The molecule has 0 saturated carbocycles. The van der Waals surface area contributed by atoms with Crippen LogP contribution in [0.4, 0.5) is 5.82 Å². The lowest BCUT2D eigenvalue weighted by molar-refractivity contribution is -0.116. The predicted molar refractivity (Wildman–Crippen MR) is 84.3 cm³/mol. The van der Waals surface area contributed by atoms with Crippen molar-refractivity contribution in [2.75, 3.05) is 38.1 Å². The molecule has 6 heteroatoms. The number of rotatable bonds is 4. The van der Waals surface area contributed by atoms with Crippen molar-refractivity contribution < 1.29 is 4.79 Å². The smallest absolute Gasteiger partial charge is 0.243 e. The van der Waals surface area contributed by atoms with Crippen molar-refractivity contribution in [3.8, 4) is 0 Å². The van der Waals surface area contributed by atoms with Crippen LogP contribution in [0.25, 0.3) is 0 Å². The lowest BCUT2D eigenvalue weighted by Crippen LogP contribution is -2.31. The molecule has 0 bridgehead atoms. The summed E-state index contributed by atoms with van der Waals surface area (Å²) in [6, 6.07) is 0. The molecular formula is C15H25N5O. The van der Waals surface area contributed by atoms with Crippen molar-refractivity contribution in [2.45, 2.75) is 19.9 Å². The summed E-state index contributed by atoms with van der Waals surface area (Å²) >= 11 is 0. The van der Waals surface area contributed by atoms with E-state index in [1.165, 1.54) is 6.08 Å². The summed E-state index contributed by atoms with van der Waals surface area (Å²) in [4.78, 5) is 16.1. The molecule has 1 aliphatic heterocycles. The number of hydrogen-bond acceptors (Lipinski definition) is 4. The maximum atomic E-state index is 11.4. The number of aromatic nitrogens is 2. The van der Waals surface area contributed by atoms with Crippen LogP contribution in [-0.4, -0.2) is 53.8 Å². The SMILES string of the molecule is C=CC(=O)NCc1c(C)nn(C)c1N1CCCN(C)CC1. The molecule has 0 aliphatic carbocycles. The van der Waals surface area contributed by atoms with E-state index < -0.39 is 0 Å². The number of nitrogens with zero attached hydrogens (tertiary/aromatic N) is 4. The predicted octanol–water partition coefficient (Wildman–Crippen LogP) is 0.673. The highest BCUT2D eigenvalue weighted by Crippen LogP contribution is 2.24. The van der Waals surface area contributed by atoms with Gasteiger partial charge in [-0.25, -0.2) is 0 Å². The molecule has 1 aromatic heterocycles. The highest BCUT2D eigenvalue weighted by Gasteiger charge is 2.21. The van der Waals surface area contributed by atoms with E-state index in [0.717, 1.165) is 49.7 Å². The minimum absolute atomic E-state index is 0.153. The summed E-state index contributed by atoms with van der Waals surface area (Å²) in [6.07, 6.45) is 2.44. The van der Waals surface area contributed by atoms with Crippen LogP contribution in [0.15, 0.2) is 12.7 Å². The van der Waals surface area contributed by atoms with Crippen LogP contribution < -0.4 is 10.2 Å². The molecule has 0 atom stereocenters. The molecule has 21 heavy (non-hydrogen) atoms. The normalized spacial score (nSPS) is 16.6. The molecule has 6 nitrogen and oxygen atoms in total. The van der Waals surface area contributed by atoms with Crippen molar-refractivity contribution in [3.63, 3.8) is 0 Å². The maximum absolute atomic E-state index is 11.4. The van der Waals surface area contributed by atoms with Crippen molar-refractivity contribution in [2.24, 2.45) is 7.05 Å². The quantitative estimate of drug-likeness (QED) is 0.829. The fourth-order valence-corrected chi connectivity index (χ4v) is 2.80. The highest BCUT2D eigenvalue weighted by atomic mass is 16.1. The van der Waals surface area contributed by atoms with Crippen LogP contribution in [0.5, 0.6) is 0 Å². The van der Waals surface area contributed by atoms with Crippen molar-refractivity contribution in [3.05, 3.63) is 23.9 Å². The summed E-state index contributed by atoms with van der Waals surface area (Å²) in [6.45, 7) is 10.1. The molecule has 1 saturated heterocycles. The molecule has 116 valence electrons. The zero-order chi connectivity index (χ0) is 15.4. The van der Waals surface area contributed by atoms with Gasteiger partial charge in [-0.1, -0.05) is 6.58 Å². The van der Waals surface area contributed by atoms with Gasteiger partial charge in [0, 0.05) is 38.8 Å². The summed E-state index contributed by atoms with van der Waals surface area (Å²) in [7, 11) is 4.12. The molecule has 1 fully saturated rings. The molecular weight excluding hydrogens is 266 g/mol. The fourth-order valence-electron chi connectivity index (χ4n) is 2.80. The van der Waals surface area contributed by atoms with Gasteiger partial charge >= 0.3 is 0 Å². The summed E-state index contributed by atoms with van der Waals surface area (Å²) < 4.78 is 1.93. The zero-order valence-electron chi connectivity index (χ0n) is 13.2. The van der Waals surface area contributed by atoms with Gasteiger partial charge in [0.25, 0.3) is 0 Å². The Balaban J connectivity index is 2.21. The Morgan fingerprint density at radius 2 is 2.10 bits per heavy atom. The molecule has 0 radical (unpaired) electrons. The highest BCUT2D eigenvalue weighted by molar-refractivity contribution is 5.86. The molecule has 2 rings (SSSR count). The zero-order valence-corrected chi connectivity index (χ0v) is 13.2. The Labute approximate surface area is 126 Å². The lowest BCUT2D eigenvalue weighted by atomic mass is 10.2. The second kappa shape index (κ2) is 6.76. The third kappa shape index (κ3) is 3.64. The second-order valence-corrected chi connectivity index (χ2v) is 5.58. The van der Waals surface area contributed by atoms with Crippen LogP contribution in [0.2, 0.25) is 0 Å². The van der Waals surface area contributed by atoms with Crippen molar-refractivity contribution >= 4 is 11.7 Å². The van der Waals surface area contributed by atoms with E-state index in [4.69, 9.17) is 0 Å². The summed E-state index contributed by atoms with van der Waals surface area (Å²) in [5.74, 6) is 0.965. The average molecular weight is 291 g/mol. The number of hydrogen-bond donors (Lipinski definition) is 1. The van der Waals surface area contributed by atoms with Gasteiger partial charge in [-0.05, 0) is 33.0 Å². The van der Waals surface area contributed by atoms with Gasteiger partial charge < -0.3 is 15.1 Å². The van der Waals surface area contributed by atoms with Gasteiger partial charge in [0.05, 0.1) is 5.69 Å². The van der Waals surface area contributed by atoms with Gasteiger partial charge in [0.1, 0.15) is 5.82 Å². The van der Waals surface area contributed by atoms with E-state index in [9.17, 15) is 4.79 Å². The lowest BCUT2D eigenvalue weighted by Gasteiger charge is -2.24. The Hall–Kier alpha value is -1.82. The molecule has 1 N–H and O–H groups in total. The Morgan fingerprint density at radius 1 is 1.33 bits per heavy atom. The first-order valence-electron chi connectivity index (χ1n) is 7.39. The van der Waals surface area contributed by atoms with E-state index >= 15 is 0 Å². The Kier molecular flexibility index (Phi) is 5.01. The largest absolute Gasteiger partial charge is 0.355 e. The van der Waals surface area contributed by atoms with Crippen molar-refractivity contribution in [1.82, 2.24) is 20.0 Å². The molecule has 0 spiro atoms. The van der Waals surface area contributed by atoms with Crippen LogP contribution in [0.3, 0.4) is 0 Å². The molecule has 0 unspecified atom stereocenters. The Morgan fingerprint density at radius 3 is 2.81 bits per heavy atom. The van der Waals surface area contributed by atoms with Crippen molar-refractivity contribution in [1.29, 1.82) is 0 Å². The first kappa shape index (κ1) is 15.6. The van der Waals surface area contributed by atoms with E-state index in [0.29, 0.717) is 6.54 Å². The third-order valence-corrected chi connectivity index (χ3v) is 3.96. The summed E-state index contributed by atoms with van der Waals surface area (Å²) in [5.41, 5.74) is 2.06. The van der Waals surface area contributed by atoms with Gasteiger partial charge in [-0.15, -0.1) is 0 Å². The number of likely N-dealkylation sites (N-methyl/N-ethyl adjacent to an activating group) is 1. The third-order valence-electron chi connectivity index (χ3n) is 3.96. The van der Waals surface area contributed by atoms with Crippen LogP contribution in [0.1, 0.15) is 17.7 Å². The second-order valence-electron chi connectivity index (χ2n) is 5.58. The topological polar surface area (TPSA) is 53.4 Å². The van der Waals surface area contributed by atoms with E-state index in [-0.39, 0.29) is 5.91 Å². The molecule has 1 aliphatic rings.